The van der Waals surface area contributed by atoms with Crippen molar-refractivity contribution in [3.05, 3.63) is 97.7 Å². The van der Waals surface area contributed by atoms with E-state index in [1.54, 1.807) is 6.08 Å². The van der Waals surface area contributed by atoms with Crippen LogP contribution in [0, 0.1) is 6.92 Å². The summed E-state index contributed by atoms with van der Waals surface area (Å²) < 4.78 is 13.1. The highest BCUT2D eigenvalue weighted by atomic mass is 79.9. The van der Waals surface area contributed by atoms with Crippen molar-refractivity contribution in [1.29, 1.82) is 0 Å². The lowest BCUT2D eigenvalue weighted by Crippen LogP contribution is -2.31. The Bertz CT molecular complexity index is 1220. The van der Waals surface area contributed by atoms with E-state index in [-0.39, 0.29) is 5.78 Å². The summed E-state index contributed by atoms with van der Waals surface area (Å²) in [6.07, 6.45) is 1.79. The molecule has 0 atom stereocenters. The molecule has 3 aromatic rings. The molecule has 2 aliphatic rings. The molecule has 0 aliphatic carbocycles. The van der Waals surface area contributed by atoms with Crippen LogP contribution in [0.25, 0.3) is 6.08 Å². The van der Waals surface area contributed by atoms with Gasteiger partial charge in [0.25, 0.3) is 0 Å². The third kappa shape index (κ3) is 3.89. The molecule has 2 heterocycles. The Labute approximate surface area is 194 Å². The van der Waals surface area contributed by atoms with Crippen molar-refractivity contribution in [2.45, 2.75) is 20.0 Å². The molecule has 3 aromatic carbocycles. The highest BCUT2D eigenvalue weighted by Gasteiger charge is 2.35. The van der Waals surface area contributed by atoms with Gasteiger partial charge in [0, 0.05) is 22.6 Å². The zero-order valence-corrected chi connectivity index (χ0v) is 19.2. The standard InChI is InChI=1S/C25H19BrClNO3/c1-15-10-21-19(13-28(14-30-21)12-16-6-8-18(27)9-7-16)25-23(15)24(29)22(31-25)11-17-4-2-3-5-20(17)26/h2-11H,12-14H2,1H3/b22-11-. The van der Waals surface area contributed by atoms with E-state index in [0.717, 1.165) is 32.5 Å². The van der Waals surface area contributed by atoms with Gasteiger partial charge in [0.2, 0.25) is 5.78 Å². The second-order valence-corrected chi connectivity index (χ2v) is 9.01. The van der Waals surface area contributed by atoms with E-state index in [0.29, 0.717) is 41.9 Å². The number of aryl methyl sites for hydroxylation is 1. The van der Waals surface area contributed by atoms with Crippen molar-refractivity contribution in [1.82, 2.24) is 4.90 Å². The summed E-state index contributed by atoms with van der Waals surface area (Å²) in [5.41, 5.74) is 4.43. The lowest BCUT2D eigenvalue weighted by molar-refractivity contribution is 0.0872. The fourth-order valence-electron chi connectivity index (χ4n) is 3.96. The highest BCUT2D eigenvalue weighted by Crippen LogP contribution is 2.44. The number of carbonyl (C=O) groups is 1. The van der Waals surface area contributed by atoms with Gasteiger partial charge >= 0.3 is 0 Å². The fraction of sp³-hybridized carbons (Fsp3) is 0.160. The SMILES string of the molecule is Cc1cc2c(c3c1C(=O)/C(=C/c1ccccc1Br)O3)CN(Cc1ccc(Cl)cc1)CO2. The first-order chi connectivity index (χ1) is 15.0. The zero-order valence-electron chi connectivity index (χ0n) is 16.8. The van der Waals surface area contributed by atoms with Crippen LogP contribution in [0.5, 0.6) is 11.5 Å². The molecule has 0 unspecified atom stereocenters. The maximum absolute atomic E-state index is 13.1. The Morgan fingerprint density at radius 1 is 1.16 bits per heavy atom. The van der Waals surface area contributed by atoms with E-state index in [9.17, 15) is 4.79 Å². The Balaban J connectivity index is 1.47. The monoisotopic (exact) mass is 495 g/mol. The van der Waals surface area contributed by atoms with Crippen molar-refractivity contribution < 1.29 is 14.3 Å². The molecule has 31 heavy (non-hydrogen) atoms. The number of Topliss-reactive ketones (excluding diaryl/α,β-unsaturated/α-hetero) is 1. The highest BCUT2D eigenvalue weighted by molar-refractivity contribution is 9.10. The predicted molar refractivity (Wildman–Crippen MR) is 124 cm³/mol. The molecule has 0 fully saturated rings. The molecule has 0 spiro atoms. The molecule has 0 amide bonds. The summed E-state index contributed by atoms with van der Waals surface area (Å²) in [6, 6.07) is 17.5. The van der Waals surface area contributed by atoms with Crippen LogP contribution in [0.3, 0.4) is 0 Å². The Morgan fingerprint density at radius 2 is 1.94 bits per heavy atom. The maximum atomic E-state index is 13.1. The largest absolute Gasteiger partial charge is 0.478 e. The summed E-state index contributed by atoms with van der Waals surface area (Å²) >= 11 is 9.53. The number of allylic oxidation sites excluding steroid dienone is 1. The number of carbonyl (C=O) groups excluding carboxylic acids is 1. The van der Waals surface area contributed by atoms with Crippen LogP contribution in [0.4, 0.5) is 0 Å². The number of nitrogens with zero attached hydrogens (tertiary/aromatic N) is 1. The number of benzene rings is 3. The van der Waals surface area contributed by atoms with E-state index in [1.807, 2.05) is 61.5 Å². The Kier molecular flexibility index (Phi) is 5.34. The summed E-state index contributed by atoms with van der Waals surface area (Å²) in [5.74, 6) is 1.62. The minimum Gasteiger partial charge on any atom is -0.478 e. The maximum Gasteiger partial charge on any atom is 0.232 e. The number of halogens is 2. The average Bonchev–Trinajstić information content (AvgIpc) is 3.09. The van der Waals surface area contributed by atoms with Gasteiger partial charge in [0.1, 0.15) is 18.2 Å². The number of ether oxygens (including phenoxy) is 2. The third-order valence-corrected chi connectivity index (χ3v) is 6.47. The Morgan fingerprint density at radius 3 is 2.71 bits per heavy atom. The number of hydrogen-bond acceptors (Lipinski definition) is 4. The molecule has 0 bridgehead atoms. The van der Waals surface area contributed by atoms with Crippen LogP contribution in [0.2, 0.25) is 5.02 Å². The van der Waals surface area contributed by atoms with Crippen LogP contribution < -0.4 is 9.47 Å². The van der Waals surface area contributed by atoms with Crippen LogP contribution in [0.15, 0.2) is 64.8 Å². The van der Waals surface area contributed by atoms with Crippen LogP contribution in [-0.2, 0) is 13.1 Å². The molecule has 0 saturated heterocycles. The lowest BCUT2D eigenvalue weighted by atomic mass is 9.98. The van der Waals surface area contributed by atoms with E-state index < -0.39 is 0 Å². The van der Waals surface area contributed by atoms with E-state index in [1.165, 1.54) is 0 Å². The van der Waals surface area contributed by atoms with Crippen LogP contribution in [-0.4, -0.2) is 17.4 Å². The quantitative estimate of drug-likeness (QED) is 0.395. The predicted octanol–water partition coefficient (Wildman–Crippen LogP) is 6.38. The number of fused-ring (bicyclic) bond motifs is 3. The van der Waals surface area contributed by atoms with Gasteiger partial charge in [0.15, 0.2) is 5.76 Å². The topological polar surface area (TPSA) is 38.8 Å². The van der Waals surface area contributed by atoms with Gasteiger partial charge in [-0.15, -0.1) is 0 Å². The van der Waals surface area contributed by atoms with Gasteiger partial charge in [-0.05, 0) is 54.0 Å². The first kappa shape index (κ1) is 20.3. The van der Waals surface area contributed by atoms with Gasteiger partial charge < -0.3 is 9.47 Å². The smallest absolute Gasteiger partial charge is 0.232 e. The zero-order chi connectivity index (χ0) is 21.5. The second-order valence-electron chi connectivity index (χ2n) is 7.72. The van der Waals surface area contributed by atoms with Crippen molar-refractivity contribution >= 4 is 39.4 Å². The molecule has 0 aromatic heterocycles. The van der Waals surface area contributed by atoms with E-state index in [2.05, 4.69) is 20.8 Å². The molecular formula is C25H19BrClNO3. The van der Waals surface area contributed by atoms with Crippen molar-refractivity contribution in [3.63, 3.8) is 0 Å². The minimum absolute atomic E-state index is 0.0964. The molecule has 156 valence electrons. The second kappa shape index (κ2) is 8.15. The summed E-state index contributed by atoms with van der Waals surface area (Å²) in [7, 11) is 0. The minimum atomic E-state index is -0.0964. The molecule has 0 N–H and O–H groups in total. The summed E-state index contributed by atoms with van der Waals surface area (Å²) in [6.45, 7) is 3.75. The van der Waals surface area contributed by atoms with Crippen LogP contribution >= 0.6 is 27.5 Å². The molecule has 2 aliphatic heterocycles. The van der Waals surface area contributed by atoms with E-state index in [4.69, 9.17) is 21.1 Å². The molecule has 5 rings (SSSR count). The molecule has 0 saturated carbocycles. The first-order valence-electron chi connectivity index (χ1n) is 9.94. The molecule has 0 radical (unpaired) electrons. The molecular weight excluding hydrogens is 478 g/mol. The Hall–Kier alpha value is -2.60. The van der Waals surface area contributed by atoms with Gasteiger partial charge in [-0.2, -0.15) is 0 Å². The summed E-state index contributed by atoms with van der Waals surface area (Å²) in [5, 5.41) is 0.716. The normalized spacial score (nSPS) is 16.6. The van der Waals surface area contributed by atoms with E-state index >= 15 is 0 Å². The first-order valence-corrected chi connectivity index (χ1v) is 11.1. The number of hydrogen-bond donors (Lipinski definition) is 0. The summed E-state index contributed by atoms with van der Waals surface area (Å²) in [4.78, 5) is 15.3. The van der Waals surface area contributed by atoms with Gasteiger partial charge in [-0.3, -0.25) is 9.69 Å². The third-order valence-electron chi connectivity index (χ3n) is 5.50. The van der Waals surface area contributed by atoms with Gasteiger partial charge in [0.05, 0.1) is 11.1 Å². The van der Waals surface area contributed by atoms with Crippen molar-refractivity contribution in [2.24, 2.45) is 0 Å². The molecule has 4 nitrogen and oxygen atoms in total. The average molecular weight is 497 g/mol. The molecule has 6 heteroatoms. The van der Waals surface area contributed by atoms with Crippen molar-refractivity contribution in [2.75, 3.05) is 6.73 Å². The number of rotatable bonds is 3. The number of ketones is 1. The van der Waals surface area contributed by atoms with Crippen molar-refractivity contribution in [3.8, 4) is 11.5 Å². The lowest BCUT2D eigenvalue weighted by Gasteiger charge is -2.30. The van der Waals surface area contributed by atoms with Crippen LogP contribution in [0.1, 0.15) is 32.6 Å². The fourth-order valence-corrected chi connectivity index (χ4v) is 4.48. The van der Waals surface area contributed by atoms with Gasteiger partial charge in [-0.1, -0.05) is 57.9 Å². The van der Waals surface area contributed by atoms with Gasteiger partial charge in [-0.25, -0.2) is 0 Å².